The van der Waals surface area contributed by atoms with Crippen molar-refractivity contribution in [2.24, 2.45) is 0 Å². The van der Waals surface area contributed by atoms with E-state index in [-0.39, 0.29) is 0 Å². The predicted molar refractivity (Wildman–Crippen MR) is 226 cm³/mol. The summed E-state index contributed by atoms with van der Waals surface area (Å²) >= 11 is 0. The molecule has 8 aromatic carbocycles. The third-order valence-corrected chi connectivity index (χ3v) is 9.72. The van der Waals surface area contributed by atoms with Gasteiger partial charge in [0.05, 0.1) is 0 Å². The summed E-state index contributed by atoms with van der Waals surface area (Å²) in [5, 5.41) is 0. The Balaban J connectivity index is 0.000000171. The van der Waals surface area contributed by atoms with Gasteiger partial charge in [-0.3, -0.25) is 0 Å². The van der Waals surface area contributed by atoms with E-state index in [1.807, 2.05) is 18.2 Å². The molecule has 9 rings (SSSR count). The van der Waals surface area contributed by atoms with Crippen LogP contribution in [0.2, 0.25) is 0 Å². The Hall–Kier alpha value is -6.58. The minimum absolute atomic E-state index is 0.818. The van der Waals surface area contributed by atoms with Crippen LogP contribution in [0.3, 0.4) is 0 Å². The monoisotopic (exact) mass is 678 g/mol. The van der Waals surface area contributed by atoms with Crippen LogP contribution in [0.5, 0.6) is 0 Å². The summed E-state index contributed by atoms with van der Waals surface area (Å²) in [5.41, 5.74) is 16.7. The van der Waals surface area contributed by atoms with Crippen LogP contribution in [-0.2, 0) is 6.42 Å². The van der Waals surface area contributed by atoms with Gasteiger partial charge in [0, 0.05) is 34.1 Å². The molecule has 0 unspecified atom stereocenters. The molecule has 0 fully saturated rings. The standard InChI is InChI=1S/C31H22BN.C19H17N/c32-26-16-13-25-19-24-12-11-23(20-30(24)31(25)21-26)22-14-17-29(18-15-22)33(27-7-3-1-4-8-27)28-9-5-2-6-10-28;1-16-12-14-19(15-13-16)20(17-8-4-2-5-9-17)18-10-6-3-7-11-18/h1-18,20-21H,19H2;2-15H,1H3. The van der Waals surface area contributed by atoms with Crippen LogP contribution in [0.4, 0.5) is 34.1 Å². The second-order valence-corrected chi connectivity index (χ2v) is 13.4. The van der Waals surface area contributed by atoms with Crippen LogP contribution in [-0.4, -0.2) is 7.85 Å². The average Bonchev–Trinajstić information content (AvgIpc) is 3.58. The van der Waals surface area contributed by atoms with Gasteiger partial charge >= 0.3 is 0 Å². The van der Waals surface area contributed by atoms with Crippen molar-refractivity contribution in [1.29, 1.82) is 0 Å². The highest BCUT2D eigenvalue weighted by Crippen LogP contribution is 2.40. The fraction of sp³-hybridized carbons (Fsp3) is 0.0400. The molecule has 0 saturated heterocycles. The molecule has 1 aliphatic rings. The molecule has 1 aliphatic carbocycles. The second-order valence-electron chi connectivity index (χ2n) is 13.4. The van der Waals surface area contributed by atoms with E-state index in [1.54, 1.807) is 0 Å². The van der Waals surface area contributed by atoms with E-state index in [9.17, 15) is 0 Å². The van der Waals surface area contributed by atoms with Crippen molar-refractivity contribution in [2.45, 2.75) is 13.3 Å². The van der Waals surface area contributed by atoms with Gasteiger partial charge in [0.15, 0.2) is 0 Å². The summed E-state index contributed by atoms with van der Waals surface area (Å²) < 4.78 is 0. The molecular weight excluding hydrogens is 639 g/mol. The maximum absolute atomic E-state index is 6.07. The van der Waals surface area contributed by atoms with Gasteiger partial charge in [-0.25, -0.2) is 0 Å². The third-order valence-electron chi connectivity index (χ3n) is 9.72. The van der Waals surface area contributed by atoms with Crippen LogP contribution in [0, 0.1) is 6.92 Å². The second kappa shape index (κ2) is 15.3. The van der Waals surface area contributed by atoms with Gasteiger partial charge in [-0.05, 0) is 126 Å². The fourth-order valence-corrected chi connectivity index (χ4v) is 7.06. The molecule has 0 saturated carbocycles. The van der Waals surface area contributed by atoms with Gasteiger partial charge in [-0.15, -0.1) is 0 Å². The van der Waals surface area contributed by atoms with Crippen LogP contribution in [0.15, 0.2) is 206 Å². The Bertz CT molecular complexity index is 2330. The maximum Gasteiger partial charge on any atom is 0.113 e. The summed E-state index contributed by atoms with van der Waals surface area (Å²) in [4.78, 5) is 4.55. The first-order valence-electron chi connectivity index (χ1n) is 18.1. The van der Waals surface area contributed by atoms with E-state index in [0.29, 0.717) is 0 Å². The molecule has 0 bridgehead atoms. The molecule has 252 valence electrons. The number of para-hydroxylation sites is 4. The molecule has 0 spiro atoms. The lowest BCUT2D eigenvalue weighted by molar-refractivity contribution is 1.26. The number of anilines is 6. The van der Waals surface area contributed by atoms with Gasteiger partial charge < -0.3 is 9.80 Å². The predicted octanol–water partition coefficient (Wildman–Crippen LogP) is 12.7. The largest absolute Gasteiger partial charge is 0.311 e. The highest BCUT2D eigenvalue weighted by atomic mass is 15.1. The van der Waals surface area contributed by atoms with Gasteiger partial charge in [-0.1, -0.05) is 138 Å². The number of hydrogen-bond donors (Lipinski definition) is 0. The summed E-state index contributed by atoms with van der Waals surface area (Å²) in [7, 11) is 6.07. The van der Waals surface area contributed by atoms with E-state index in [1.165, 1.54) is 56.0 Å². The van der Waals surface area contributed by atoms with Gasteiger partial charge in [0.25, 0.3) is 0 Å². The Morgan fingerprint density at radius 1 is 0.358 bits per heavy atom. The van der Waals surface area contributed by atoms with Gasteiger partial charge in [0.1, 0.15) is 7.85 Å². The van der Waals surface area contributed by atoms with Crippen molar-refractivity contribution >= 4 is 47.4 Å². The van der Waals surface area contributed by atoms with Crippen LogP contribution in [0.25, 0.3) is 22.3 Å². The van der Waals surface area contributed by atoms with Crippen molar-refractivity contribution in [3.63, 3.8) is 0 Å². The van der Waals surface area contributed by atoms with E-state index < -0.39 is 0 Å². The van der Waals surface area contributed by atoms with Crippen LogP contribution >= 0.6 is 0 Å². The highest BCUT2D eigenvalue weighted by molar-refractivity contribution is 6.32. The molecule has 8 aromatic rings. The number of fused-ring (bicyclic) bond motifs is 3. The first-order chi connectivity index (χ1) is 26.1. The SMILES string of the molecule is Cc1ccc(N(c2ccccc2)c2ccccc2)cc1.[B]c1ccc2c(c1)-c1cc(-c3ccc(N(c4ccccc4)c4ccccc4)cc3)ccc1C2. The smallest absolute Gasteiger partial charge is 0.113 e. The molecule has 0 atom stereocenters. The van der Waals surface area contributed by atoms with Crippen molar-refractivity contribution in [3.05, 3.63) is 223 Å². The maximum atomic E-state index is 6.07. The summed E-state index contributed by atoms with van der Waals surface area (Å²) in [5.74, 6) is 0. The number of nitrogens with zero attached hydrogens (tertiary/aromatic N) is 2. The van der Waals surface area contributed by atoms with E-state index in [2.05, 4.69) is 205 Å². The summed E-state index contributed by atoms with van der Waals surface area (Å²) in [6.07, 6.45) is 0.979. The Kier molecular flexibility index (Phi) is 9.72. The molecule has 0 N–H and O–H groups in total. The van der Waals surface area contributed by atoms with Gasteiger partial charge in [0.2, 0.25) is 0 Å². The zero-order valence-corrected chi connectivity index (χ0v) is 29.8. The van der Waals surface area contributed by atoms with Crippen molar-refractivity contribution in [3.8, 4) is 22.3 Å². The fourth-order valence-electron chi connectivity index (χ4n) is 7.06. The minimum Gasteiger partial charge on any atom is -0.311 e. The first-order valence-corrected chi connectivity index (χ1v) is 18.1. The van der Waals surface area contributed by atoms with Gasteiger partial charge in [-0.2, -0.15) is 0 Å². The molecular formula is C50H39BN2. The lowest BCUT2D eigenvalue weighted by Gasteiger charge is -2.25. The topological polar surface area (TPSA) is 6.48 Å². The first kappa shape index (κ1) is 33.6. The molecule has 2 nitrogen and oxygen atoms in total. The van der Waals surface area contributed by atoms with E-state index in [4.69, 9.17) is 7.85 Å². The molecule has 53 heavy (non-hydrogen) atoms. The molecule has 0 aromatic heterocycles. The Labute approximate surface area is 314 Å². The highest BCUT2D eigenvalue weighted by Gasteiger charge is 2.19. The van der Waals surface area contributed by atoms with Crippen LogP contribution in [0.1, 0.15) is 16.7 Å². The van der Waals surface area contributed by atoms with Crippen molar-refractivity contribution in [2.75, 3.05) is 9.80 Å². The molecule has 0 heterocycles. The minimum atomic E-state index is 0.818. The number of rotatable bonds is 7. The quantitative estimate of drug-likeness (QED) is 0.155. The van der Waals surface area contributed by atoms with E-state index in [0.717, 1.165) is 28.9 Å². The molecule has 2 radical (unpaired) electrons. The van der Waals surface area contributed by atoms with E-state index >= 15 is 0 Å². The normalized spacial score (nSPS) is 11.1. The number of benzene rings is 8. The lowest BCUT2D eigenvalue weighted by atomic mass is 9.91. The molecule has 0 aliphatic heterocycles. The lowest BCUT2D eigenvalue weighted by Crippen LogP contribution is -2.09. The third kappa shape index (κ3) is 7.42. The Morgan fingerprint density at radius 3 is 1.17 bits per heavy atom. The van der Waals surface area contributed by atoms with Crippen LogP contribution < -0.4 is 15.3 Å². The van der Waals surface area contributed by atoms with Crippen molar-refractivity contribution in [1.82, 2.24) is 0 Å². The molecule has 0 amide bonds. The van der Waals surface area contributed by atoms with Crippen molar-refractivity contribution < 1.29 is 0 Å². The number of hydrogen-bond acceptors (Lipinski definition) is 2. The summed E-state index contributed by atoms with van der Waals surface area (Å²) in [6.45, 7) is 2.11. The Morgan fingerprint density at radius 2 is 0.717 bits per heavy atom. The average molecular weight is 679 g/mol. The molecule has 3 heteroatoms. The zero-order valence-electron chi connectivity index (χ0n) is 29.8. The number of aryl methyl sites for hydroxylation is 1. The zero-order chi connectivity index (χ0) is 36.0. The summed E-state index contributed by atoms with van der Waals surface area (Å²) in [6, 6.07) is 72.4.